The van der Waals surface area contributed by atoms with Gasteiger partial charge in [0, 0.05) is 13.1 Å². The molecule has 0 saturated carbocycles. The maximum absolute atomic E-state index is 10.6. The van der Waals surface area contributed by atoms with Crippen molar-refractivity contribution in [3.05, 3.63) is 29.8 Å². The molecule has 0 aliphatic rings. The Morgan fingerprint density at radius 1 is 1.20 bits per heavy atom. The average molecular weight is 279 g/mol. The lowest BCUT2D eigenvalue weighted by atomic mass is 10.2. The molecule has 4 nitrogen and oxygen atoms in total. The summed E-state index contributed by atoms with van der Waals surface area (Å²) in [4.78, 5) is 12.8. The van der Waals surface area contributed by atoms with E-state index in [9.17, 15) is 4.79 Å². The summed E-state index contributed by atoms with van der Waals surface area (Å²) in [6, 6.07) is 8.02. The predicted octanol–water partition coefficient (Wildman–Crippen LogP) is 2.95. The molecule has 0 unspecified atom stereocenters. The Balaban J connectivity index is 2.22. The first kappa shape index (κ1) is 16.5. The summed E-state index contributed by atoms with van der Waals surface area (Å²) >= 11 is 0. The van der Waals surface area contributed by atoms with E-state index in [0.29, 0.717) is 13.2 Å². The number of hydrogen-bond acceptors (Lipinski definition) is 3. The topological polar surface area (TPSA) is 49.8 Å². The van der Waals surface area contributed by atoms with Gasteiger partial charge in [0.05, 0.1) is 13.0 Å². The van der Waals surface area contributed by atoms with Crippen molar-refractivity contribution in [2.45, 2.75) is 33.1 Å². The van der Waals surface area contributed by atoms with Gasteiger partial charge in [-0.2, -0.15) is 0 Å². The van der Waals surface area contributed by atoms with Gasteiger partial charge < -0.3 is 14.7 Å². The van der Waals surface area contributed by atoms with E-state index in [-0.39, 0.29) is 6.42 Å². The van der Waals surface area contributed by atoms with Crippen molar-refractivity contribution >= 4 is 5.97 Å². The number of hydrogen-bond donors (Lipinski definition) is 1. The van der Waals surface area contributed by atoms with Crippen LogP contribution in [0, 0.1) is 6.92 Å². The Morgan fingerprint density at radius 3 is 2.50 bits per heavy atom. The molecule has 0 atom stereocenters. The van der Waals surface area contributed by atoms with Crippen LogP contribution in [-0.4, -0.2) is 42.2 Å². The highest BCUT2D eigenvalue weighted by molar-refractivity contribution is 5.66. The number of ether oxygens (including phenoxy) is 1. The van der Waals surface area contributed by atoms with Crippen LogP contribution in [0.1, 0.15) is 31.7 Å². The Bertz CT molecular complexity index is 389. The van der Waals surface area contributed by atoms with Gasteiger partial charge in [-0.15, -0.1) is 0 Å². The molecule has 0 aromatic heterocycles. The Labute approximate surface area is 121 Å². The monoisotopic (exact) mass is 279 g/mol. The number of rotatable bonds is 10. The summed E-state index contributed by atoms with van der Waals surface area (Å²) in [6.45, 7) is 7.26. The molecule has 1 rings (SSSR count). The standard InChI is InChI=1S/C16H25NO3/c1-3-10-17(12-9-16(18)19)11-4-13-20-15-7-5-14(2)6-8-15/h5-8H,3-4,9-13H2,1-2H3,(H,18,19). The van der Waals surface area contributed by atoms with Gasteiger partial charge in [0.1, 0.15) is 5.75 Å². The van der Waals surface area contributed by atoms with E-state index in [1.165, 1.54) is 5.56 Å². The fourth-order valence-corrected chi connectivity index (χ4v) is 2.02. The van der Waals surface area contributed by atoms with Crippen LogP contribution in [0.25, 0.3) is 0 Å². The molecule has 1 N–H and O–H groups in total. The smallest absolute Gasteiger partial charge is 0.304 e. The number of aryl methyl sites for hydroxylation is 1. The first-order valence-electron chi connectivity index (χ1n) is 7.25. The zero-order valence-corrected chi connectivity index (χ0v) is 12.5. The third-order valence-corrected chi connectivity index (χ3v) is 3.09. The molecule has 0 aliphatic heterocycles. The summed E-state index contributed by atoms with van der Waals surface area (Å²) in [5.74, 6) is 0.158. The van der Waals surface area contributed by atoms with Crippen LogP contribution in [-0.2, 0) is 4.79 Å². The van der Waals surface area contributed by atoms with Crippen LogP contribution < -0.4 is 4.74 Å². The van der Waals surface area contributed by atoms with Crippen LogP contribution in [0.15, 0.2) is 24.3 Å². The van der Waals surface area contributed by atoms with Crippen LogP contribution in [0.2, 0.25) is 0 Å². The van der Waals surface area contributed by atoms with E-state index in [1.54, 1.807) is 0 Å². The normalized spacial score (nSPS) is 10.8. The third kappa shape index (κ3) is 7.14. The molecular formula is C16H25NO3. The van der Waals surface area contributed by atoms with E-state index in [1.807, 2.05) is 24.3 Å². The molecule has 1 aromatic rings. The fraction of sp³-hybridized carbons (Fsp3) is 0.562. The molecule has 20 heavy (non-hydrogen) atoms. The predicted molar refractivity (Wildman–Crippen MR) is 80.3 cm³/mol. The van der Waals surface area contributed by atoms with Crippen molar-refractivity contribution in [1.82, 2.24) is 4.90 Å². The van der Waals surface area contributed by atoms with E-state index < -0.39 is 5.97 Å². The second-order valence-electron chi connectivity index (χ2n) is 5.00. The van der Waals surface area contributed by atoms with Crippen molar-refractivity contribution in [3.8, 4) is 5.75 Å². The lowest BCUT2D eigenvalue weighted by molar-refractivity contribution is -0.137. The lowest BCUT2D eigenvalue weighted by Crippen LogP contribution is -2.29. The van der Waals surface area contributed by atoms with E-state index in [2.05, 4.69) is 18.7 Å². The Morgan fingerprint density at radius 2 is 1.90 bits per heavy atom. The van der Waals surface area contributed by atoms with Crippen LogP contribution in [0.3, 0.4) is 0 Å². The van der Waals surface area contributed by atoms with E-state index in [0.717, 1.165) is 31.7 Å². The van der Waals surface area contributed by atoms with Gasteiger partial charge in [0.15, 0.2) is 0 Å². The molecule has 0 amide bonds. The molecule has 0 heterocycles. The minimum atomic E-state index is -0.734. The number of benzene rings is 1. The number of carboxylic acids is 1. The zero-order chi connectivity index (χ0) is 14.8. The highest BCUT2D eigenvalue weighted by atomic mass is 16.5. The Kier molecular flexibility index (Phi) is 7.73. The van der Waals surface area contributed by atoms with E-state index in [4.69, 9.17) is 9.84 Å². The van der Waals surface area contributed by atoms with Crippen molar-refractivity contribution < 1.29 is 14.6 Å². The van der Waals surface area contributed by atoms with Crippen molar-refractivity contribution in [2.75, 3.05) is 26.2 Å². The number of carboxylic acid groups (broad SMARTS) is 1. The zero-order valence-electron chi connectivity index (χ0n) is 12.5. The third-order valence-electron chi connectivity index (χ3n) is 3.09. The highest BCUT2D eigenvalue weighted by Gasteiger charge is 2.06. The van der Waals surface area contributed by atoms with Crippen molar-refractivity contribution in [2.24, 2.45) is 0 Å². The first-order chi connectivity index (χ1) is 9.61. The second kappa shape index (κ2) is 9.37. The molecular weight excluding hydrogens is 254 g/mol. The van der Waals surface area contributed by atoms with Crippen LogP contribution in [0.4, 0.5) is 0 Å². The van der Waals surface area contributed by atoms with Gasteiger partial charge in [-0.1, -0.05) is 24.6 Å². The van der Waals surface area contributed by atoms with Crippen molar-refractivity contribution in [3.63, 3.8) is 0 Å². The van der Waals surface area contributed by atoms with Gasteiger partial charge in [-0.3, -0.25) is 4.79 Å². The number of carbonyl (C=O) groups is 1. The molecule has 1 aromatic carbocycles. The number of aliphatic carboxylic acids is 1. The van der Waals surface area contributed by atoms with Crippen LogP contribution >= 0.6 is 0 Å². The molecule has 0 fully saturated rings. The first-order valence-corrected chi connectivity index (χ1v) is 7.25. The van der Waals surface area contributed by atoms with Gasteiger partial charge >= 0.3 is 5.97 Å². The maximum atomic E-state index is 10.6. The minimum Gasteiger partial charge on any atom is -0.494 e. The average Bonchev–Trinajstić information content (AvgIpc) is 2.42. The van der Waals surface area contributed by atoms with Gasteiger partial charge in [-0.05, 0) is 38.4 Å². The molecule has 0 spiro atoms. The second-order valence-corrected chi connectivity index (χ2v) is 5.00. The Hall–Kier alpha value is -1.55. The summed E-state index contributed by atoms with van der Waals surface area (Å²) in [6.07, 6.45) is 2.16. The summed E-state index contributed by atoms with van der Waals surface area (Å²) in [5.41, 5.74) is 1.22. The van der Waals surface area contributed by atoms with Crippen LogP contribution in [0.5, 0.6) is 5.75 Å². The van der Waals surface area contributed by atoms with Crippen molar-refractivity contribution in [1.29, 1.82) is 0 Å². The maximum Gasteiger partial charge on any atom is 0.304 e. The molecule has 0 radical (unpaired) electrons. The quantitative estimate of drug-likeness (QED) is 0.669. The lowest BCUT2D eigenvalue weighted by Gasteiger charge is -2.20. The molecule has 4 heteroatoms. The summed E-state index contributed by atoms with van der Waals surface area (Å²) < 4.78 is 5.67. The molecule has 0 aliphatic carbocycles. The largest absolute Gasteiger partial charge is 0.494 e. The minimum absolute atomic E-state index is 0.207. The summed E-state index contributed by atoms with van der Waals surface area (Å²) in [5, 5.41) is 8.72. The fourth-order valence-electron chi connectivity index (χ4n) is 2.02. The summed E-state index contributed by atoms with van der Waals surface area (Å²) in [7, 11) is 0. The molecule has 0 saturated heterocycles. The molecule has 0 bridgehead atoms. The van der Waals surface area contributed by atoms with Gasteiger partial charge in [0.2, 0.25) is 0 Å². The number of nitrogens with zero attached hydrogens (tertiary/aromatic N) is 1. The van der Waals surface area contributed by atoms with E-state index >= 15 is 0 Å². The highest BCUT2D eigenvalue weighted by Crippen LogP contribution is 2.11. The van der Waals surface area contributed by atoms with Gasteiger partial charge in [0.25, 0.3) is 0 Å². The molecule has 112 valence electrons. The SMILES string of the molecule is CCCN(CCCOc1ccc(C)cc1)CCC(=O)O. The van der Waals surface area contributed by atoms with Gasteiger partial charge in [-0.25, -0.2) is 0 Å².